The Hall–Kier alpha value is -3.02. The first-order valence-electron chi connectivity index (χ1n) is 7.97. The molecule has 2 aromatic carbocycles. The maximum absolute atomic E-state index is 12.2. The third kappa shape index (κ3) is 4.73. The lowest BCUT2D eigenvalue weighted by Gasteiger charge is -2.12. The van der Waals surface area contributed by atoms with Crippen LogP contribution in [0.5, 0.6) is 17.2 Å². The second-order valence-electron chi connectivity index (χ2n) is 5.13. The molecule has 0 saturated heterocycles. The van der Waals surface area contributed by atoms with Crippen LogP contribution in [0.3, 0.4) is 0 Å². The molecule has 0 atom stereocenters. The van der Waals surface area contributed by atoms with Crippen LogP contribution in [-0.2, 0) is 0 Å². The van der Waals surface area contributed by atoms with E-state index in [9.17, 15) is 4.79 Å². The first-order chi connectivity index (χ1) is 12.2. The van der Waals surface area contributed by atoms with Crippen molar-refractivity contribution in [3.05, 3.63) is 53.6 Å². The first kappa shape index (κ1) is 18.3. The molecule has 1 N–H and O–H groups in total. The zero-order valence-electron chi connectivity index (χ0n) is 14.6. The standard InChI is InChI=1S/C19H22N2O4/c1-4-12-25-18-14(8-7-11-17(18)24-3)13-20-21-19(22)15-9-5-6-10-16(15)23-2/h5-11,13H,4,12H2,1-3H3,(H,21,22)/b20-13+. The summed E-state index contributed by atoms with van der Waals surface area (Å²) >= 11 is 0. The normalized spacial score (nSPS) is 10.5. The van der Waals surface area contributed by atoms with Crippen molar-refractivity contribution in [1.82, 2.24) is 5.43 Å². The van der Waals surface area contributed by atoms with E-state index in [1.165, 1.54) is 13.3 Å². The summed E-state index contributed by atoms with van der Waals surface area (Å²) in [5.41, 5.74) is 3.63. The smallest absolute Gasteiger partial charge is 0.275 e. The van der Waals surface area contributed by atoms with Crippen molar-refractivity contribution in [3.63, 3.8) is 0 Å². The average molecular weight is 342 g/mol. The summed E-state index contributed by atoms with van der Waals surface area (Å²) in [7, 11) is 3.10. The molecule has 0 aliphatic heterocycles. The Morgan fingerprint density at radius 3 is 2.52 bits per heavy atom. The van der Waals surface area contributed by atoms with Crippen LogP contribution in [0.4, 0.5) is 0 Å². The number of benzene rings is 2. The van der Waals surface area contributed by atoms with Crippen LogP contribution in [0.25, 0.3) is 0 Å². The fourth-order valence-corrected chi connectivity index (χ4v) is 2.21. The second kappa shape index (κ2) is 9.32. The fraction of sp³-hybridized carbons (Fsp3) is 0.263. The summed E-state index contributed by atoms with van der Waals surface area (Å²) in [6.07, 6.45) is 2.40. The van der Waals surface area contributed by atoms with E-state index in [2.05, 4.69) is 10.5 Å². The molecule has 0 bridgehead atoms. The molecule has 2 rings (SSSR count). The number of hydrazone groups is 1. The number of amides is 1. The van der Waals surface area contributed by atoms with Gasteiger partial charge in [-0.05, 0) is 30.7 Å². The van der Waals surface area contributed by atoms with E-state index < -0.39 is 0 Å². The van der Waals surface area contributed by atoms with Gasteiger partial charge in [-0.15, -0.1) is 0 Å². The number of nitrogens with one attached hydrogen (secondary N) is 1. The highest BCUT2D eigenvalue weighted by Crippen LogP contribution is 2.30. The molecule has 0 heterocycles. The molecule has 0 spiro atoms. The molecular formula is C19H22N2O4. The lowest BCUT2D eigenvalue weighted by Crippen LogP contribution is -2.18. The van der Waals surface area contributed by atoms with E-state index in [1.54, 1.807) is 31.4 Å². The van der Waals surface area contributed by atoms with Gasteiger partial charge in [-0.2, -0.15) is 5.10 Å². The Kier molecular flexibility index (Phi) is 6.83. The van der Waals surface area contributed by atoms with Gasteiger partial charge in [0.2, 0.25) is 0 Å². The Morgan fingerprint density at radius 2 is 1.80 bits per heavy atom. The lowest BCUT2D eigenvalue weighted by atomic mass is 10.2. The monoisotopic (exact) mass is 342 g/mol. The van der Waals surface area contributed by atoms with Crippen LogP contribution in [0.15, 0.2) is 47.6 Å². The van der Waals surface area contributed by atoms with E-state index in [-0.39, 0.29) is 5.91 Å². The SMILES string of the molecule is CCCOc1c(/C=N/NC(=O)c2ccccc2OC)cccc1OC. The predicted octanol–water partition coefficient (Wildman–Crippen LogP) is 3.26. The van der Waals surface area contributed by atoms with Gasteiger partial charge in [0.1, 0.15) is 5.75 Å². The highest BCUT2D eigenvalue weighted by Gasteiger charge is 2.11. The number of para-hydroxylation sites is 2. The number of ether oxygens (including phenoxy) is 3. The van der Waals surface area contributed by atoms with Gasteiger partial charge in [0.05, 0.1) is 32.6 Å². The molecule has 2 aromatic rings. The van der Waals surface area contributed by atoms with Gasteiger partial charge in [0, 0.05) is 5.56 Å². The Bertz CT molecular complexity index is 744. The van der Waals surface area contributed by atoms with Gasteiger partial charge in [-0.1, -0.05) is 25.1 Å². The van der Waals surface area contributed by atoms with Crippen LogP contribution in [0, 0.1) is 0 Å². The molecule has 0 aliphatic carbocycles. The zero-order chi connectivity index (χ0) is 18.1. The van der Waals surface area contributed by atoms with Crippen molar-refractivity contribution < 1.29 is 19.0 Å². The molecule has 1 amide bonds. The highest BCUT2D eigenvalue weighted by molar-refractivity contribution is 5.97. The van der Waals surface area contributed by atoms with Crippen LogP contribution < -0.4 is 19.6 Å². The summed E-state index contributed by atoms with van der Waals surface area (Å²) in [5.74, 6) is 1.35. The summed E-state index contributed by atoms with van der Waals surface area (Å²) < 4.78 is 16.2. The third-order valence-corrected chi connectivity index (χ3v) is 3.40. The molecule has 0 aromatic heterocycles. The number of hydrogen-bond acceptors (Lipinski definition) is 5. The van der Waals surface area contributed by atoms with Gasteiger partial charge in [0.15, 0.2) is 11.5 Å². The summed E-state index contributed by atoms with van der Waals surface area (Å²) in [4.78, 5) is 12.2. The number of carbonyl (C=O) groups excluding carboxylic acids is 1. The molecule has 0 fully saturated rings. The Balaban J connectivity index is 2.15. The molecule has 0 unspecified atom stereocenters. The van der Waals surface area contributed by atoms with Crippen molar-refractivity contribution in [2.24, 2.45) is 5.10 Å². The largest absolute Gasteiger partial charge is 0.496 e. The molecule has 6 heteroatoms. The number of carbonyl (C=O) groups is 1. The molecule has 25 heavy (non-hydrogen) atoms. The maximum Gasteiger partial charge on any atom is 0.275 e. The lowest BCUT2D eigenvalue weighted by molar-refractivity contribution is 0.0952. The third-order valence-electron chi connectivity index (χ3n) is 3.40. The van der Waals surface area contributed by atoms with Crippen molar-refractivity contribution >= 4 is 12.1 Å². The molecule has 6 nitrogen and oxygen atoms in total. The first-order valence-corrected chi connectivity index (χ1v) is 7.97. The van der Waals surface area contributed by atoms with Crippen LogP contribution >= 0.6 is 0 Å². The minimum atomic E-state index is -0.354. The molecule has 0 aliphatic rings. The average Bonchev–Trinajstić information content (AvgIpc) is 2.66. The second-order valence-corrected chi connectivity index (χ2v) is 5.13. The van der Waals surface area contributed by atoms with Gasteiger partial charge < -0.3 is 14.2 Å². The van der Waals surface area contributed by atoms with Crippen LogP contribution in [0.2, 0.25) is 0 Å². The maximum atomic E-state index is 12.2. The summed E-state index contributed by atoms with van der Waals surface area (Å²) in [6.45, 7) is 2.59. The number of rotatable bonds is 8. The van der Waals surface area contributed by atoms with E-state index in [0.717, 1.165) is 6.42 Å². The Labute approximate surface area is 147 Å². The van der Waals surface area contributed by atoms with E-state index >= 15 is 0 Å². The minimum absolute atomic E-state index is 0.354. The molecule has 0 radical (unpaired) electrons. The summed E-state index contributed by atoms with van der Waals surface area (Å²) in [6, 6.07) is 12.4. The number of nitrogens with zero attached hydrogens (tertiary/aromatic N) is 1. The van der Waals surface area contributed by atoms with E-state index in [1.807, 2.05) is 25.1 Å². The Morgan fingerprint density at radius 1 is 1.08 bits per heavy atom. The van der Waals surface area contributed by atoms with Crippen molar-refractivity contribution in [3.8, 4) is 17.2 Å². The zero-order valence-corrected chi connectivity index (χ0v) is 14.6. The molecule has 0 saturated carbocycles. The highest BCUT2D eigenvalue weighted by atomic mass is 16.5. The van der Waals surface area contributed by atoms with Gasteiger partial charge in [0.25, 0.3) is 5.91 Å². The topological polar surface area (TPSA) is 69.2 Å². The molecule has 132 valence electrons. The van der Waals surface area contributed by atoms with Crippen molar-refractivity contribution in [2.45, 2.75) is 13.3 Å². The predicted molar refractivity (Wildman–Crippen MR) is 96.8 cm³/mol. The van der Waals surface area contributed by atoms with Crippen molar-refractivity contribution in [1.29, 1.82) is 0 Å². The van der Waals surface area contributed by atoms with Crippen molar-refractivity contribution in [2.75, 3.05) is 20.8 Å². The molecular weight excluding hydrogens is 320 g/mol. The van der Waals surface area contributed by atoms with E-state index in [4.69, 9.17) is 14.2 Å². The fourth-order valence-electron chi connectivity index (χ4n) is 2.21. The summed E-state index contributed by atoms with van der Waals surface area (Å²) in [5, 5.41) is 4.02. The minimum Gasteiger partial charge on any atom is -0.496 e. The van der Waals surface area contributed by atoms with Gasteiger partial charge >= 0.3 is 0 Å². The number of hydrogen-bond donors (Lipinski definition) is 1. The van der Waals surface area contributed by atoms with Gasteiger partial charge in [-0.3, -0.25) is 4.79 Å². The van der Waals surface area contributed by atoms with Crippen LogP contribution in [-0.4, -0.2) is 32.9 Å². The quantitative estimate of drug-likeness (QED) is 0.590. The number of methoxy groups -OCH3 is 2. The van der Waals surface area contributed by atoms with Crippen LogP contribution in [0.1, 0.15) is 29.3 Å². The van der Waals surface area contributed by atoms with Gasteiger partial charge in [-0.25, -0.2) is 5.43 Å². The van der Waals surface area contributed by atoms with E-state index in [0.29, 0.717) is 35.0 Å².